The highest BCUT2D eigenvalue weighted by Crippen LogP contribution is 2.30. The predicted molar refractivity (Wildman–Crippen MR) is 72.5 cm³/mol. The summed E-state index contributed by atoms with van der Waals surface area (Å²) < 4.78 is 12.5. The molecule has 0 spiro atoms. The Bertz CT molecular complexity index is 143. The molecule has 0 aliphatic carbocycles. The van der Waals surface area contributed by atoms with Crippen LogP contribution in [0.2, 0.25) is 0 Å². The maximum atomic E-state index is 12.5. The lowest BCUT2D eigenvalue weighted by atomic mass is 10.1. The van der Waals surface area contributed by atoms with Crippen LogP contribution in [-0.4, -0.2) is 39.7 Å². The first-order chi connectivity index (χ1) is 6.99. The van der Waals surface area contributed by atoms with E-state index in [0.717, 1.165) is 6.42 Å². The van der Waals surface area contributed by atoms with Crippen molar-refractivity contribution < 1.29 is 9.50 Å². The summed E-state index contributed by atoms with van der Waals surface area (Å²) in [6.07, 6.45) is 0.645. The number of rotatable bonds is 1. The number of aliphatic hydroxyl groups is 1. The van der Waals surface area contributed by atoms with Gasteiger partial charge in [0.2, 0.25) is 0 Å². The van der Waals surface area contributed by atoms with Gasteiger partial charge in [-0.1, -0.05) is 6.92 Å². The second-order valence-corrected chi connectivity index (χ2v) is 5.79. The van der Waals surface area contributed by atoms with Crippen LogP contribution in [0.25, 0.3) is 0 Å². The second kappa shape index (κ2) is 11.9. The number of thioether (sulfide) groups is 1. The zero-order valence-corrected chi connectivity index (χ0v) is 12.3. The van der Waals surface area contributed by atoms with Crippen LogP contribution in [0.4, 0.5) is 4.39 Å². The molecule has 1 fully saturated rings. The molecular formula is C7H14BCl4FOS. The van der Waals surface area contributed by atoms with Crippen molar-refractivity contribution in [1.29, 1.82) is 0 Å². The molecule has 0 aromatic rings. The van der Waals surface area contributed by atoms with E-state index in [1.54, 1.807) is 0 Å². The summed E-state index contributed by atoms with van der Waals surface area (Å²) in [5.41, 5.74) is 0. The minimum Gasteiger partial charge on any atom is -0.389 e. The fraction of sp³-hybridized carbons (Fsp3) is 1.00. The van der Waals surface area contributed by atoms with E-state index in [1.165, 1.54) is 18.1 Å². The quantitative estimate of drug-likeness (QED) is 0.587. The summed E-state index contributed by atoms with van der Waals surface area (Å²) in [6.45, 7) is 1.97. The molecule has 8 heteroatoms. The Balaban J connectivity index is 0. The highest BCUT2D eigenvalue weighted by Gasteiger charge is 2.33. The molecular weight excluding hydrogens is 304 g/mol. The van der Waals surface area contributed by atoms with Crippen LogP contribution in [0.1, 0.15) is 13.3 Å². The predicted octanol–water partition coefficient (Wildman–Crippen LogP) is 3.75. The molecule has 1 saturated heterocycles. The smallest absolute Gasteiger partial charge is 0.389 e. The molecule has 1 heterocycles. The normalized spacial score (nSPS) is 28.4. The fourth-order valence-corrected chi connectivity index (χ4v) is 2.24. The van der Waals surface area contributed by atoms with E-state index in [0.29, 0.717) is 5.75 Å². The Morgan fingerprint density at radius 1 is 1.40 bits per heavy atom. The van der Waals surface area contributed by atoms with Crippen molar-refractivity contribution in [3.63, 3.8) is 0 Å². The highest BCUT2D eigenvalue weighted by molar-refractivity contribution is 8.00. The van der Waals surface area contributed by atoms with Gasteiger partial charge in [0.1, 0.15) is 6.17 Å². The van der Waals surface area contributed by atoms with E-state index in [9.17, 15) is 4.39 Å². The molecule has 0 aromatic carbocycles. The van der Waals surface area contributed by atoms with Gasteiger partial charge in [0.15, 0.2) is 0 Å². The first-order valence-corrected chi connectivity index (χ1v) is 7.34. The lowest BCUT2D eigenvalue weighted by Crippen LogP contribution is -2.25. The molecule has 1 aliphatic rings. The summed E-state index contributed by atoms with van der Waals surface area (Å²) in [5.74, 6) is 0.472. The van der Waals surface area contributed by atoms with Crippen LogP contribution < -0.4 is 0 Å². The maximum absolute atomic E-state index is 12.5. The van der Waals surface area contributed by atoms with E-state index in [2.05, 4.69) is 11.6 Å². The Labute approximate surface area is 115 Å². The summed E-state index contributed by atoms with van der Waals surface area (Å²) in [4.78, 5) is -0.750. The summed E-state index contributed by atoms with van der Waals surface area (Å²) in [7, 11) is 0. The first-order valence-electron chi connectivity index (χ1n) is 4.22. The second-order valence-electron chi connectivity index (χ2n) is 2.53. The summed E-state index contributed by atoms with van der Waals surface area (Å²) in [5, 5.41) is 9.20. The van der Waals surface area contributed by atoms with Crippen molar-refractivity contribution in [2.24, 2.45) is 0 Å². The van der Waals surface area contributed by atoms with Gasteiger partial charge in [-0.25, -0.2) is 4.39 Å². The van der Waals surface area contributed by atoms with Crippen molar-refractivity contribution in [3.8, 4) is 0 Å². The van der Waals surface area contributed by atoms with Gasteiger partial charge in [0.25, 0.3) is 0 Å². The van der Waals surface area contributed by atoms with Gasteiger partial charge < -0.3 is 5.11 Å². The number of hydrogen-bond donors (Lipinski definition) is 1. The van der Waals surface area contributed by atoms with Crippen LogP contribution in [-0.2, 0) is 0 Å². The zero-order valence-electron chi connectivity index (χ0n) is 8.47. The van der Waals surface area contributed by atoms with Crippen LogP contribution in [0, 0.1) is 0 Å². The van der Waals surface area contributed by atoms with Crippen molar-refractivity contribution in [2.45, 2.75) is 30.9 Å². The molecule has 1 nitrogen and oxygen atoms in total. The highest BCUT2D eigenvalue weighted by atomic mass is 35.6. The van der Waals surface area contributed by atoms with E-state index in [1.807, 2.05) is 6.92 Å². The third-order valence-corrected chi connectivity index (χ3v) is 3.17. The maximum Gasteiger partial charge on any atom is 0.450 e. The van der Waals surface area contributed by atoms with Gasteiger partial charge in [0.05, 0.1) is 6.10 Å². The van der Waals surface area contributed by atoms with Crippen LogP contribution >= 0.6 is 57.7 Å². The molecule has 1 rings (SSSR count). The zero-order chi connectivity index (χ0) is 12.4. The monoisotopic (exact) mass is 316 g/mol. The standard InChI is InChI=1S/C6H11FOS.CH3Cl.BCl3/c1-2-5-6(8)4(7)3-9-5;1-2;2-1(3)4/h4-6,8H,2-3H2,1H3;1H3;/t4-,5-,6+;;/m1../s1. The van der Waals surface area contributed by atoms with Gasteiger partial charge in [0, 0.05) is 17.4 Å². The molecule has 0 unspecified atom stereocenters. The van der Waals surface area contributed by atoms with E-state index in [4.69, 9.17) is 39.5 Å². The number of alkyl halides is 2. The van der Waals surface area contributed by atoms with Gasteiger partial charge >= 0.3 is 4.96 Å². The van der Waals surface area contributed by atoms with Gasteiger partial charge in [-0.3, -0.25) is 0 Å². The molecule has 0 radical (unpaired) electrons. The first kappa shape index (κ1) is 18.8. The van der Waals surface area contributed by atoms with Crippen LogP contribution in [0.3, 0.4) is 0 Å². The molecule has 1 aliphatic heterocycles. The molecule has 1 N–H and O–H groups in total. The molecule has 0 saturated carbocycles. The van der Waals surface area contributed by atoms with E-state index < -0.39 is 17.2 Å². The number of aliphatic hydroxyl groups excluding tert-OH is 1. The molecule has 0 aromatic heterocycles. The third kappa shape index (κ3) is 10.3. The lowest BCUT2D eigenvalue weighted by Gasteiger charge is -2.10. The Kier molecular flexibility index (Phi) is 15.0. The summed E-state index contributed by atoms with van der Waals surface area (Å²) in [6, 6.07) is 0. The number of halogens is 5. The van der Waals surface area contributed by atoms with Crippen molar-refractivity contribution in [2.75, 3.05) is 12.1 Å². The van der Waals surface area contributed by atoms with Crippen molar-refractivity contribution in [1.82, 2.24) is 0 Å². The van der Waals surface area contributed by atoms with Gasteiger partial charge in [-0.05, 0) is 6.42 Å². The minimum atomic E-state index is -0.986. The Morgan fingerprint density at radius 2 is 1.80 bits per heavy atom. The molecule has 15 heavy (non-hydrogen) atoms. The Morgan fingerprint density at radius 3 is 1.93 bits per heavy atom. The molecule has 92 valence electrons. The van der Waals surface area contributed by atoms with Crippen LogP contribution in [0.5, 0.6) is 0 Å². The molecule has 0 amide bonds. The molecule has 0 bridgehead atoms. The minimum absolute atomic E-state index is 0.139. The van der Waals surface area contributed by atoms with Gasteiger partial charge in [-0.2, -0.15) is 46.1 Å². The average Bonchev–Trinajstić information content (AvgIpc) is 2.50. The topological polar surface area (TPSA) is 20.2 Å². The van der Waals surface area contributed by atoms with Crippen LogP contribution in [0.15, 0.2) is 0 Å². The largest absolute Gasteiger partial charge is 0.450 e. The molecule has 3 atom stereocenters. The summed E-state index contributed by atoms with van der Waals surface area (Å²) >= 11 is 20.6. The third-order valence-electron chi connectivity index (χ3n) is 1.62. The van der Waals surface area contributed by atoms with Crippen molar-refractivity contribution in [3.05, 3.63) is 0 Å². The number of hydrogen-bond acceptors (Lipinski definition) is 2. The average molecular weight is 318 g/mol. The Hall–Kier alpha value is 1.46. The van der Waals surface area contributed by atoms with E-state index >= 15 is 0 Å². The fourth-order valence-electron chi connectivity index (χ4n) is 1.00. The van der Waals surface area contributed by atoms with Gasteiger partial charge in [-0.15, -0.1) is 11.6 Å². The van der Waals surface area contributed by atoms with Crippen molar-refractivity contribution >= 4 is 62.7 Å². The SMILES string of the molecule is CC[C@H]1SC[C@@H](F)[C@@H]1O.CCl.ClB(Cl)Cl. The van der Waals surface area contributed by atoms with E-state index in [-0.39, 0.29) is 5.25 Å². The lowest BCUT2D eigenvalue weighted by molar-refractivity contribution is 0.0968.